The molecule has 1 aliphatic heterocycles. The second-order valence-electron chi connectivity index (χ2n) is 5.01. The molecule has 1 aromatic carbocycles. The molecule has 3 N–H and O–H groups in total. The molecule has 1 aliphatic rings. The van der Waals surface area contributed by atoms with Gasteiger partial charge in [-0.3, -0.25) is 4.79 Å². The monoisotopic (exact) mass is 289 g/mol. The average Bonchev–Trinajstić information content (AvgIpc) is 2.49. The molecule has 2 rings (SSSR count). The molecule has 1 aromatic rings. The second-order valence-corrected chi connectivity index (χ2v) is 5.01. The molecule has 0 aliphatic carbocycles. The van der Waals surface area contributed by atoms with Gasteiger partial charge in [0, 0.05) is 19.2 Å². The van der Waals surface area contributed by atoms with E-state index in [-0.39, 0.29) is 17.4 Å². The van der Waals surface area contributed by atoms with Gasteiger partial charge in [-0.25, -0.2) is 0 Å². The normalized spacial score (nSPS) is 15.9. The molecule has 1 saturated heterocycles. The fourth-order valence-electron chi connectivity index (χ4n) is 2.25. The van der Waals surface area contributed by atoms with Crippen molar-refractivity contribution in [2.75, 3.05) is 13.1 Å². The van der Waals surface area contributed by atoms with E-state index >= 15 is 0 Å². The molecule has 0 spiro atoms. The van der Waals surface area contributed by atoms with E-state index in [1.165, 1.54) is 24.6 Å². The minimum absolute atomic E-state index is 0.00393. The lowest BCUT2D eigenvalue weighted by Crippen LogP contribution is -2.34. The Balaban J connectivity index is 1.95. The lowest BCUT2D eigenvalue weighted by molar-refractivity contribution is -0.126. The second kappa shape index (κ2) is 6.83. The van der Waals surface area contributed by atoms with Gasteiger partial charge in [0.25, 0.3) is 0 Å². The number of phenolic OH excluding ortho intramolecular Hbond substituents is 3. The summed E-state index contributed by atoms with van der Waals surface area (Å²) >= 11 is 0. The molecule has 21 heavy (non-hydrogen) atoms. The number of phenols is 3. The maximum Gasteiger partial charge on any atom is 0.246 e. The largest absolute Gasteiger partial charge is 0.504 e. The molecule has 0 radical (unpaired) electrons. The number of allylic oxidation sites excluding steroid dienone is 2. The summed E-state index contributed by atoms with van der Waals surface area (Å²) in [6.45, 7) is 1.62. The smallest absolute Gasteiger partial charge is 0.246 e. The average molecular weight is 289 g/mol. The summed E-state index contributed by atoms with van der Waals surface area (Å²) in [6.07, 6.45) is 9.69. The van der Waals surface area contributed by atoms with Gasteiger partial charge in [-0.05, 0) is 37.0 Å². The first-order valence-electron chi connectivity index (χ1n) is 6.96. The lowest BCUT2D eigenvalue weighted by atomic mass is 10.1. The van der Waals surface area contributed by atoms with Crippen LogP contribution >= 0.6 is 0 Å². The van der Waals surface area contributed by atoms with E-state index < -0.39 is 5.75 Å². The summed E-state index contributed by atoms with van der Waals surface area (Å²) in [5.74, 6) is -1.32. The van der Waals surface area contributed by atoms with Crippen LogP contribution in [0.25, 0.3) is 6.08 Å². The number of benzene rings is 1. The van der Waals surface area contributed by atoms with Crippen molar-refractivity contribution >= 4 is 12.0 Å². The molecule has 1 amide bonds. The molecule has 0 bridgehead atoms. The summed E-state index contributed by atoms with van der Waals surface area (Å²) < 4.78 is 0. The fraction of sp³-hybridized carbons (Fsp3) is 0.312. The van der Waals surface area contributed by atoms with Crippen molar-refractivity contribution < 1.29 is 20.1 Å². The maximum atomic E-state index is 11.9. The highest BCUT2D eigenvalue weighted by molar-refractivity contribution is 5.88. The molecule has 1 fully saturated rings. The number of carbonyl (C=O) groups is 1. The van der Waals surface area contributed by atoms with Crippen molar-refractivity contribution in [3.63, 3.8) is 0 Å². The Morgan fingerprint density at radius 2 is 1.62 bits per heavy atom. The highest BCUT2D eigenvalue weighted by atomic mass is 16.3. The maximum absolute atomic E-state index is 11.9. The first-order chi connectivity index (χ1) is 10.1. The van der Waals surface area contributed by atoms with E-state index in [0.29, 0.717) is 5.56 Å². The highest BCUT2D eigenvalue weighted by Gasteiger charge is 2.13. The molecule has 5 nitrogen and oxygen atoms in total. The van der Waals surface area contributed by atoms with E-state index in [4.69, 9.17) is 0 Å². The van der Waals surface area contributed by atoms with Gasteiger partial charge >= 0.3 is 0 Å². The van der Waals surface area contributed by atoms with Crippen molar-refractivity contribution in [1.29, 1.82) is 0 Å². The van der Waals surface area contributed by atoms with Gasteiger partial charge in [0.1, 0.15) is 0 Å². The summed E-state index contributed by atoms with van der Waals surface area (Å²) in [5, 5.41) is 28.0. The molecule has 1 heterocycles. The van der Waals surface area contributed by atoms with Gasteiger partial charge < -0.3 is 20.2 Å². The first kappa shape index (κ1) is 15.0. The van der Waals surface area contributed by atoms with E-state index in [2.05, 4.69) is 0 Å². The van der Waals surface area contributed by atoms with E-state index in [9.17, 15) is 20.1 Å². The number of carbonyl (C=O) groups excluding carboxylic acids is 1. The third-order valence-corrected chi connectivity index (χ3v) is 3.40. The van der Waals surface area contributed by atoms with Crippen molar-refractivity contribution in [3.8, 4) is 17.2 Å². The van der Waals surface area contributed by atoms with Crippen LogP contribution in [-0.4, -0.2) is 39.2 Å². The van der Waals surface area contributed by atoms with Crippen LogP contribution in [0.2, 0.25) is 0 Å². The Morgan fingerprint density at radius 1 is 1.00 bits per heavy atom. The quantitative estimate of drug-likeness (QED) is 0.453. The Morgan fingerprint density at radius 3 is 2.24 bits per heavy atom. The predicted octanol–water partition coefficient (Wildman–Crippen LogP) is 2.39. The van der Waals surface area contributed by atoms with Crippen molar-refractivity contribution in [2.24, 2.45) is 0 Å². The number of nitrogens with zero attached hydrogens (tertiary/aromatic N) is 1. The van der Waals surface area contributed by atoms with Crippen LogP contribution in [0.4, 0.5) is 0 Å². The Hall–Kier alpha value is -2.43. The van der Waals surface area contributed by atoms with E-state index in [1.54, 1.807) is 18.2 Å². The van der Waals surface area contributed by atoms with Gasteiger partial charge in [0.05, 0.1) is 0 Å². The van der Waals surface area contributed by atoms with Crippen molar-refractivity contribution in [3.05, 3.63) is 35.9 Å². The number of rotatable bonds is 3. The van der Waals surface area contributed by atoms with Crippen LogP contribution in [0, 0.1) is 0 Å². The van der Waals surface area contributed by atoms with Crippen LogP contribution in [-0.2, 0) is 4.79 Å². The van der Waals surface area contributed by atoms with Gasteiger partial charge in [-0.1, -0.05) is 18.2 Å². The zero-order valence-electron chi connectivity index (χ0n) is 11.7. The number of piperidine rings is 1. The zero-order chi connectivity index (χ0) is 15.2. The molecule has 0 unspecified atom stereocenters. The van der Waals surface area contributed by atoms with Crippen molar-refractivity contribution in [2.45, 2.75) is 19.3 Å². The Bertz CT molecular complexity index is 549. The van der Waals surface area contributed by atoms with Crippen LogP contribution in [0.5, 0.6) is 17.2 Å². The van der Waals surface area contributed by atoms with Crippen LogP contribution in [0.3, 0.4) is 0 Å². The minimum Gasteiger partial charge on any atom is -0.504 e. The summed E-state index contributed by atoms with van der Waals surface area (Å²) in [7, 11) is 0. The molecular formula is C16H19NO4. The van der Waals surface area contributed by atoms with Gasteiger partial charge in [0.2, 0.25) is 5.91 Å². The Labute approximate surface area is 123 Å². The Kier molecular flexibility index (Phi) is 4.87. The van der Waals surface area contributed by atoms with Gasteiger partial charge in [-0.2, -0.15) is 0 Å². The molecule has 0 atom stereocenters. The molecule has 0 saturated carbocycles. The number of likely N-dealkylation sites (tertiary alicyclic amines) is 1. The summed E-state index contributed by atoms with van der Waals surface area (Å²) in [5.41, 5.74) is 0.526. The fourth-order valence-corrected chi connectivity index (χ4v) is 2.25. The third kappa shape index (κ3) is 4.02. The first-order valence-corrected chi connectivity index (χ1v) is 6.96. The summed E-state index contributed by atoms with van der Waals surface area (Å²) in [6, 6.07) is 2.65. The highest BCUT2D eigenvalue weighted by Crippen LogP contribution is 2.35. The molecule has 112 valence electrons. The van der Waals surface area contributed by atoms with Crippen molar-refractivity contribution in [1.82, 2.24) is 4.90 Å². The SMILES string of the molecule is O=C(/C=C/C=C/c1cc(O)c(O)c(O)c1)N1CCCCC1. The number of hydrogen-bond donors (Lipinski definition) is 3. The van der Waals surface area contributed by atoms with Crippen LogP contribution in [0.15, 0.2) is 30.4 Å². The molecular weight excluding hydrogens is 270 g/mol. The summed E-state index contributed by atoms with van der Waals surface area (Å²) in [4.78, 5) is 13.7. The van der Waals surface area contributed by atoms with Gasteiger partial charge in [-0.15, -0.1) is 0 Å². The minimum atomic E-state index is -0.539. The number of hydrogen-bond acceptors (Lipinski definition) is 4. The zero-order valence-corrected chi connectivity index (χ0v) is 11.7. The molecule has 5 heteroatoms. The van der Waals surface area contributed by atoms with E-state index in [1.807, 2.05) is 4.90 Å². The molecule has 0 aromatic heterocycles. The number of amides is 1. The van der Waals surface area contributed by atoms with Crippen LogP contribution in [0.1, 0.15) is 24.8 Å². The lowest BCUT2D eigenvalue weighted by Gasteiger charge is -2.25. The standard InChI is InChI=1S/C16H19NO4/c18-13-10-12(11-14(19)16(13)21)6-2-3-7-15(20)17-8-4-1-5-9-17/h2-3,6-7,10-11,18-19,21H,1,4-5,8-9H2/b6-2+,7-3+. The third-order valence-electron chi connectivity index (χ3n) is 3.40. The van der Waals surface area contributed by atoms with E-state index in [0.717, 1.165) is 25.9 Å². The van der Waals surface area contributed by atoms with Crippen LogP contribution < -0.4 is 0 Å². The van der Waals surface area contributed by atoms with Gasteiger partial charge in [0.15, 0.2) is 17.2 Å². The topological polar surface area (TPSA) is 81.0 Å². The number of aromatic hydroxyl groups is 3. The predicted molar refractivity (Wildman–Crippen MR) is 80.0 cm³/mol.